The van der Waals surface area contributed by atoms with E-state index in [0.717, 1.165) is 37.5 Å². The summed E-state index contributed by atoms with van der Waals surface area (Å²) in [6, 6.07) is 0. The van der Waals surface area contributed by atoms with Crippen LogP contribution < -0.4 is 0 Å². The third-order valence-corrected chi connectivity index (χ3v) is 11.0. The van der Waals surface area contributed by atoms with E-state index in [1.807, 2.05) is 13.1 Å². The van der Waals surface area contributed by atoms with Crippen molar-refractivity contribution in [2.45, 2.75) is 92.2 Å². The van der Waals surface area contributed by atoms with E-state index in [0.29, 0.717) is 13.2 Å². The summed E-state index contributed by atoms with van der Waals surface area (Å²) < 4.78 is 10.6. The van der Waals surface area contributed by atoms with E-state index in [1.54, 1.807) is 0 Å². The van der Waals surface area contributed by atoms with Crippen LogP contribution in [0.4, 0.5) is 9.59 Å². The van der Waals surface area contributed by atoms with Crippen molar-refractivity contribution in [3.05, 3.63) is 0 Å². The number of ether oxygens (including phenoxy) is 2. The topological polar surface area (TPSA) is 52.6 Å². The highest BCUT2D eigenvalue weighted by Crippen LogP contribution is 2.34. The van der Waals surface area contributed by atoms with Crippen LogP contribution in [0.15, 0.2) is 0 Å². The van der Waals surface area contributed by atoms with Gasteiger partial charge in [0.25, 0.3) is 0 Å². The number of rotatable bonds is 14. The summed E-state index contributed by atoms with van der Waals surface area (Å²) in [5.74, 6) is 1.46. The summed E-state index contributed by atoms with van der Waals surface area (Å²) in [4.78, 5) is 24.0. The molecule has 0 rings (SSSR count). The van der Waals surface area contributed by atoms with Gasteiger partial charge in [0.15, 0.2) is 6.37 Å². The minimum Gasteiger partial charge on any atom is -0.458 e. The Labute approximate surface area is 175 Å². The Balaban J connectivity index is 3.80. The molecule has 0 spiro atoms. The van der Waals surface area contributed by atoms with E-state index in [-0.39, 0.29) is 10.6 Å². The van der Waals surface area contributed by atoms with Crippen molar-refractivity contribution < 1.29 is 19.1 Å². The first-order valence-corrected chi connectivity index (χ1v) is 16.4. The Morgan fingerprint density at radius 1 is 0.704 bits per heavy atom. The second-order valence-corrected chi connectivity index (χ2v) is 20.3. The Kier molecular flexibility index (Phi) is 15.7. The van der Waals surface area contributed by atoms with Crippen LogP contribution >= 0.6 is 22.4 Å². The van der Waals surface area contributed by atoms with Crippen LogP contribution in [0, 0.1) is 11.8 Å². The zero-order chi connectivity index (χ0) is 20.7. The first-order valence-electron chi connectivity index (χ1n) is 10.3. The van der Waals surface area contributed by atoms with E-state index >= 15 is 0 Å². The maximum Gasteiger partial charge on any atom is 0.362 e. The van der Waals surface area contributed by atoms with Crippen LogP contribution in [-0.4, -0.2) is 30.2 Å². The van der Waals surface area contributed by atoms with Gasteiger partial charge in [0, 0.05) is 0 Å². The highest BCUT2D eigenvalue weighted by molar-refractivity contribution is 8.66. The van der Waals surface area contributed by atoms with Crippen molar-refractivity contribution in [2.24, 2.45) is 11.8 Å². The zero-order valence-corrected chi connectivity index (χ0v) is 20.8. The molecule has 0 aromatic carbocycles. The normalized spacial score (nSPS) is 11.9. The van der Waals surface area contributed by atoms with Crippen molar-refractivity contribution in [1.82, 2.24) is 0 Å². The Morgan fingerprint density at radius 3 is 1.41 bits per heavy atom. The molecule has 0 aliphatic carbocycles. The molecule has 0 aliphatic heterocycles. The van der Waals surface area contributed by atoms with E-state index < -0.39 is 6.37 Å². The molecule has 0 aromatic heterocycles. The van der Waals surface area contributed by atoms with Crippen molar-refractivity contribution in [3.63, 3.8) is 0 Å². The maximum atomic E-state index is 12.0. The zero-order valence-electron chi connectivity index (χ0n) is 18.2. The monoisotopic (exact) mass is 436 g/mol. The molecule has 0 saturated carbocycles. The summed E-state index contributed by atoms with van der Waals surface area (Å²) in [7, 11) is 0. The number of unbranched alkanes of at least 4 members (excludes halogenated alkanes) is 4. The number of carbonyl (C=O) groups is 2. The van der Waals surface area contributed by atoms with Crippen molar-refractivity contribution in [2.75, 3.05) is 13.2 Å². The maximum absolute atomic E-state index is 12.0. The lowest BCUT2D eigenvalue weighted by molar-refractivity contribution is 0.172. The smallest absolute Gasteiger partial charge is 0.362 e. The van der Waals surface area contributed by atoms with Gasteiger partial charge in [0.1, 0.15) is 0 Å². The molecular formula is C20H40O4S2Si. The summed E-state index contributed by atoms with van der Waals surface area (Å²) in [5, 5.41) is -0.519. The quantitative estimate of drug-likeness (QED) is 0.157. The summed E-state index contributed by atoms with van der Waals surface area (Å²) in [6.45, 7) is 13.8. The molecule has 4 nitrogen and oxygen atoms in total. The Morgan fingerprint density at radius 2 is 1.07 bits per heavy atom. The van der Waals surface area contributed by atoms with Gasteiger partial charge in [0.2, 0.25) is 0 Å². The van der Waals surface area contributed by atoms with Crippen molar-refractivity contribution in [1.29, 1.82) is 0 Å². The first-order chi connectivity index (χ1) is 12.6. The van der Waals surface area contributed by atoms with Gasteiger partial charge in [-0.2, -0.15) is 0 Å². The predicted octanol–water partition coefficient (Wildman–Crippen LogP) is 7.86. The molecule has 0 bridgehead atoms. The second kappa shape index (κ2) is 15.7. The molecule has 160 valence electrons. The molecule has 0 heterocycles. The Hall–Kier alpha value is -0.143. The standard InChI is InChI=1S/C20H40O4S2Si/c1-17(2)13-9-7-11-15-23-19(21)25-27(5,6)26-20(22)24-16-12-8-10-14-18(3)4/h17-18H,7-16H2,1-6H3. The molecule has 0 aliphatic rings. The Bertz CT molecular complexity index is 379. The molecule has 0 fully saturated rings. The fourth-order valence-corrected chi connectivity index (χ4v) is 8.07. The van der Waals surface area contributed by atoms with Crippen LogP contribution in [0.5, 0.6) is 0 Å². The highest BCUT2D eigenvalue weighted by Gasteiger charge is 2.31. The third-order valence-electron chi connectivity index (χ3n) is 3.95. The summed E-state index contributed by atoms with van der Waals surface area (Å²) >= 11 is 2.38. The number of hydrogen-bond acceptors (Lipinski definition) is 6. The van der Waals surface area contributed by atoms with Gasteiger partial charge in [0.05, 0.1) is 13.2 Å². The van der Waals surface area contributed by atoms with Gasteiger partial charge in [-0.3, -0.25) is 0 Å². The molecule has 0 aromatic rings. The van der Waals surface area contributed by atoms with Gasteiger partial charge in [-0.1, -0.05) is 102 Å². The van der Waals surface area contributed by atoms with Crippen LogP contribution in [0.3, 0.4) is 0 Å². The van der Waals surface area contributed by atoms with E-state index in [2.05, 4.69) is 27.7 Å². The van der Waals surface area contributed by atoms with Gasteiger partial charge in [-0.05, 0) is 24.7 Å². The second-order valence-electron chi connectivity index (χ2n) is 8.29. The van der Waals surface area contributed by atoms with Crippen LogP contribution in [0.25, 0.3) is 0 Å². The third kappa shape index (κ3) is 19.0. The summed E-state index contributed by atoms with van der Waals surface area (Å²) in [6.07, 6.45) is 6.69. The molecule has 0 atom stereocenters. The molecule has 7 heteroatoms. The van der Waals surface area contributed by atoms with E-state index in [1.165, 1.54) is 48.1 Å². The lowest BCUT2D eigenvalue weighted by Crippen LogP contribution is -2.22. The number of carbonyl (C=O) groups excluding carboxylic acids is 2. The minimum absolute atomic E-state index is 0.260. The number of hydrogen-bond donors (Lipinski definition) is 0. The molecule has 27 heavy (non-hydrogen) atoms. The average molecular weight is 437 g/mol. The van der Waals surface area contributed by atoms with Gasteiger partial charge >= 0.3 is 10.6 Å². The fourth-order valence-electron chi connectivity index (χ4n) is 2.45. The highest BCUT2D eigenvalue weighted by atomic mass is 32.6. The SMILES string of the molecule is CC(C)CCCCCOC(=O)S[Si](C)(C)SC(=O)OCCCCCC(C)C. The van der Waals surface area contributed by atoms with Gasteiger partial charge < -0.3 is 9.47 Å². The predicted molar refractivity (Wildman–Crippen MR) is 122 cm³/mol. The molecule has 0 radical (unpaired) electrons. The molecule has 0 N–H and O–H groups in total. The lowest BCUT2D eigenvalue weighted by atomic mass is 10.1. The molecule has 0 saturated heterocycles. The lowest BCUT2D eigenvalue weighted by Gasteiger charge is -2.18. The minimum atomic E-state index is -2.13. The average Bonchev–Trinajstić information content (AvgIpc) is 2.52. The van der Waals surface area contributed by atoms with Crippen molar-refractivity contribution in [3.8, 4) is 0 Å². The first kappa shape index (κ1) is 26.9. The largest absolute Gasteiger partial charge is 0.458 e. The fraction of sp³-hybridized carbons (Fsp3) is 0.900. The molecule has 0 amide bonds. The van der Waals surface area contributed by atoms with Crippen LogP contribution in [-0.2, 0) is 9.47 Å². The molecule has 0 unspecified atom stereocenters. The van der Waals surface area contributed by atoms with Crippen LogP contribution in [0.1, 0.15) is 79.1 Å². The van der Waals surface area contributed by atoms with Gasteiger partial charge in [-0.15, -0.1) is 0 Å². The summed E-state index contributed by atoms with van der Waals surface area (Å²) in [5.41, 5.74) is 0. The van der Waals surface area contributed by atoms with E-state index in [4.69, 9.17) is 9.47 Å². The van der Waals surface area contributed by atoms with Crippen LogP contribution in [0.2, 0.25) is 13.1 Å². The molecular weight excluding hydrogens is 396 g/mol. The van der Waals surface area contributed by atoms with Gasteiger partial charge in [-0.25, -0.2) is 9.59 Å². The van der Waals surface area contributed by atoms with Crippen molar-refractivity contribution >= 4 is 39.4 Å². The van der Waals surface area contributed by atoms with E-state index in [9.17, 15) is 9.59 Å².